The molecule has 0 heterocycles. The van der Waals surface area contributed by atoms with Crippen LogP contribution >= 0.6 is 0 Å². The highest BCUT2D eigenvalue weighted by molar-refractivity contribution is 5.71. The Labute approximate surface area is 507 Å². The van der Waals surface area contributed by atoms with Crippen LogP contribution in [0.15, 0.2) is 12.2 Å². The van der Waals surface area contributed by atoms with Crippen molar-refractivity contribution in [1.82, 2.24) is 0 Å². The average molecular weight is 1140 g/mol. The number of ether oxygens (including phenoxy) is 3. The van der Waals surface area contributed by atoms with Crippen molar-refractivity contribution in [3.05, 3.63) is 12.2 Å². The van der Waals surface area contributed by atoms with Crippen molar-refractivity contribution in [1.29, 1.82) is 0 Å². The fraction of sp³-hybridized carbons (Fsp3) is 0.933. The zero-order valence-corrected chi connectivity index (χ0v) is 55.4. The molecule has 480 valence electrons. The molecule has 0 radical (unpaired) electrons. The first-order valence-electron chi connectivity index (χ1n) is 37.2. The van der Waals surface area contributed by atoms with Gasteiger partial charge in [0.25, 0.3) is 0 Å². The number of hydrogen-bond donors (Lipinski definition) is 0. The standard InChI is InChI=1S/C75H144O6/c1-4-7-10-13-16-19-22-25-27-29-31-33-35-36-37-38-39-40-41-43-44-46-48-50-53-56-59-62-65-68-74(77)80-71-72(70-79-73(76)67-64-61-58-55-52-24-21-18-15-12-9-6-3)81-75(78)69-66-63-60-57-54-51-49-47-45-42-34-32-30-28-26-23-20-17-14-11-8-5-2/h18,21,72H,4-17,19-20,22-71H2,1-3H3/b21-18-. The third kappa shape index (κ3) is 68.8. The normalized spacial score (nSPS) is 12.0. The summed E-state index contributed by atoms with van der Waals surface area (Å²) in [5.74, 6) is -0.839. The van der Waals surface area contributed by atoms with Crippen molar-refractivity contribution in [2.45, 2.75) is 438 Å². The smallest absolute Gasteiger partial charge is 0.306 e. The van der Waals surface area contributed by atoms with Gasteiger partial charge in [-0.3, -0.25) is 14.4 Å². The summed E-state index contributed by atoms with van der Waals surface area (Å²) in [7, 11) is 0. The molecule has 0 amide bonds. The minimum atomic E-state index is -0.770. The van der Waals surface area contributed by atoms with Gasteiger partial charge in [-0.25, -0.2) is 0 Å². The number of allylic oxidation sites excluding steroid dienone is 2. The highest BCUT2D eigenvalue weighted by Gasteiger charge is 2.20. The maximum absolute atomic E-state index is 13.0. The lowest BCUT2D eigenvalue weighted by Crippen LogP contribution is -2.30. The van der Waals surface area contributed by atoms with Gasteiger partial charge in [-0.2, -0.15) is 0 Å². The Kier molecular flexibility index (Phi) is 69.0. The Balaban J connectivity index is 4.13. The fourth-order valence-corrected chi connectivity index (χ4v) is 11.7. The van der Waals surface area contributed by atoms with E-state index in [1.807, 2.05) is 0 Å². The summed E-state index contributed by atoms with van der Waals surface area (Å²) in [6.07, 6.45) is 85.6. The van der Waals surface area contributed by atoms with Crippen LogP contribution in [0.4, 0.5) is 0 Å². The van der Waals surface area contributed by atoms with Gasteiger partial charge in [0.2, 0.25) is 0 Å². The lowest BCUT2D eigenvalue weighted by Gasteiger charge is -2.18. The second-order valence-corrected chi connectivity index (χ2v) is 25.6. The summed E-state index contributed by atoms with van der Waals surface area (Å²) in [6, 6.07) is 0. The van der Waals surface area contributed by atoms with E-state index < -0.39 is 6.10 Å². The van der Waals surface area contributed by atoms with Crippen molar-refractivity contribution in [3.63, 3.8) is 0 Å². The quantitative estimate of drug-likeness (QED) is 0.0261. The second-order valence-electron chi connectivity index (χ2n) is 25.6. The molecule has 0 saturated heterocycles. The first-order valence-corrected chi connectivity index (χ1v) is 37.2. The lowest BCUT2D eigenvalue weighted by atomic mass is 10.0. The van der Waals surface area contributed by atoms with Crippen LogP contribution in [-0.4, -0.2) is 37.2 Å². The highest BCUT2D eigenvalue weighted by atomic mass is 16.6. The third-order valence-corrected chi connectivity index (χ3v) is 17.3. The van der Waals surface area contributed by atoms with E-state index in [1.165, 1.54) is 327 Å². The van der Waals surface area contributed by atoms with Crippen LogP contribution in [0.25, 0.3) is 0 Å². The summed E-state index contributed by atoms with van der Waals surface area (Å²) in [5.41, 5.74) is 0. The van der Waals surface area contributed by atoms with Gasteiger partial charge in [0.05, 0.1) is 0 Å². The molecule has 0 aromatic carbocycles. The maximum atomic E-state index is 13.0. The Morgan fingerprint density at radius 2 is 0.407 bits per heavy atom. The van der Waals surface area contributed by atoms with Crippen molar-refractivity contribution < 1.29 is 28.6 Å². The molecular weight excluding hydrogens is 997 g/mol. The van der Waals surface area contributed by atoms with Crippen molar-refractivity contribution in [2.75, 3.05) is 13.2 Å². The van der Waals surface area contributed by atoms with E-state index in [1.54, 1.807) is 0 Å². The topological polar surface area (TPSA) is 78.9 Å². The van der Waals surface area contributed by atoms with E-state index in [4.69, 9.17) is 14.2 Å². The Bertz CT molecular complexity index is 1260. The molecule has 81 heavy (non-hydrogen) atoms. The van der Waals surface area contributed by atoms with Gasteiger partial charge < -0.3 is 14.2 Å². The zero-order valence-electron chi connectivity index (χ0n) is 55.4. The summed E-state index contributed by atoms with van der Waals surface area (Å²) in [5, 5.41) is 0. The fourth-order valence-electron chi connectivity index (χ4n) is 11.7. The van der Waals surface area contributed by atoms with Gasteiger partial charge in [-0.15, -0.1) is 0 Å². The van der Waals surface area contributed by atoms with Gasteiger partial charge in [0.1, 0.15) is 13.2 Å². The van der Waals surface area contributed by atoms with Crippen LogP contribution in [0.3, 0.4) is 0 Å². The van der Waals surface area contributed by atoms with E-state index in [9.17, 15) is 14.4 Å². The molecule has 0 aromatic rings. The Hall–Kier alpha value is -1.85. The first-order chi connectivity index (χ1) is 40.0. The number of rotatable bonds is 70. The SMILES string of the molecule is CCCCC/C=C\CCCCCCCC(=O)OCC(COC(=O)CCCCCCCCCCCCCCCCCCCCCCCCCCCCCCC)OC(=O)CCCCCCCCCCCCCCCCCCCCCCCC. The molecule has 0 aliphatic heterocycles. The molecule has 0 rings (SSSR count). The number of hydrogen-bond acceptors (Lipinski definition) is 6. The summed E-state index contributed by atoms with van der Waals surface area (Å²) in [4.78, 5) is 38.4. The molecule has 0 aliphatic carbocycles. The molecule has 6 heteroatoms. The maximum Gasteiger partial charge on any atom is 0.306 e. The number of carbonyl (C=O) groups is 3. The monoisotopic (exact) mass is 1140 g/mol. The largest absolute Gasteiger partial charge is 0.462 e. The third-order valence-electron chi connectivity index (χ3n) is 17.3. The van der Waals surface area contributed by atoms with Gasteiger partial charge in [-0.1, -0.05) is 380 Å². The van der Waals surface area contributed by atoms with Crippen LogP contribution in [0.2, 0.25) is 0 Å². The predicted molar refractivity (Wildman–Crippen MR) is 353 cm³/mol. The van der Waals surface area contributed by atoms with E-state index >= 15 is 0 Å². The molecule has 6 nitrogen and oxygen atoms in total. The van der Waals surface area contributed by atoms with Crippen molar-refractivity contribution >= 4 is 17.9 Å². The van der Waals surface area contributed by atoms with Gasteiger partial charge in [0, 0.05) is 19.3 Å². The number of esters is 3. The Morgan fingerprint density at radius 1 is 0.235 bits per heavy atom. The highest BCUT2D eigenvalue weighted by Crippen LogP contribution is 2.20. The van der Waals surface area contributed by atoms with Crippen LogP contribution in [0.1, 0.15) is 432 Å². The van der Waals surface area contributed by atoms with E-state index in [0.29, 0.717) is 19.3 Å². The molecule has 0 spiro atoms. The van der Waals surface area contributed by atoms with Crippen LogP contribution in [-0.2, 0) is 28.6 Å². The molecule has 1 unspecified atom stereocenters. The predicted octanol–water partition coefficient (Wildman–Crippen LogP) is 25.6. The van der Waals surface area contributed by atoms with E-state index in [0.717, 1.165) is 64.2 Å². The van der Waals surface area contributed by atoms with Crippen LogP contribution in [0.5, 0.6) is 0 Å². The number of carbonyl (C=O) groups excluding carboxylic acids is 3. The van der Waals surface area contributed by atoms with Gasteiger partial charge >= 0.3 is 17.9 Å². The Morgan fingerprint density at radius 3 is 0.642 bits per heavy atom. The minimum absolute atomic E-state index is 0.0657. The molecule has 0 fully saturated rings. The molecular formula is C75H144O6. The second kappa shape index (κ2) is 70.6. The molecule has 0 aliphatic rings. The summed E-state index contributed by atoms with van der Waals surface area (Å²) < 4.78 is 17.0. The van der Waals surface area contributed by atoms with Crippen molar-refractivity contribution in [3.8, 4) is 0 Å². The summed E-state index contributed by atoms with van der Waals surface area (Å²) >= 11 is 0. The number of unbranched alkanes of at least 4 members (excludes halogenated alkanes) is 57. The molecule has 0 aromatic heterocycles. The van der Waals surface area contributed by atoms with Gasteiger partial charge in [0.15, 0.2) is 6.10 Å². The zero-order chi connectivity index (χ0) is 58.5. The minimum Gasteiger partial charge on any atom is -0.462 e. The average Bonchev–Trinajstić information content (AvgIpc) is 3.47. The molecule has 1 atom stereocenters. The van der Waals surface area contributed by atoms with E-state index in [2.05, 4.69) is 32.9 Å². The van der Waals surface area contributed by atoms with Gasteiger partial charge in [-0.05, 0) is 44.9 Å². The van der Waals surface area contributed by atoms with Crippen molar-refractivity contribution in [2.24, 2.45) is 0 Å². The lowest BCUT2D eigenvalue weighted by molar-refractivity contribution is -0.167. The molecule has 0 saturated carbocycles. The summed E-state index contributed by atoms with van der Waals surface area (Å²) in [6.45, 7) is 6.71. The first kappa shape index (κ1) is 79.2. The van der Waals surface area contributed by atoms with Crippen LogP contribution < -0.4 is 0 Å². The van der Waals surface area contributed by atoms with E-state index in [-0.39, 0.29) is 31.1 Å². The molecule has 0 bridgehead atoms. The van der Waals surface area contributed by atoms with Crippen LogP contribution in [0, 0.1) is 0 Å². The molecule has 0 N–H and O–H groups in total.